The van der Waals surface area contributed by atoms with Crippen molar-refractivity contribution in [2.75, 3.05) is 11.9 Å². The number of amides is 2. The van der Waals surface area contributed by atoms with Crippen LogP contribution in [0.25, 0.3) is 0 Å². The molecule has 0 saturated heterocycles. The lowest BCUT2D eigenvalue weighted by molar-refractivity contribution is -0.386. The summed E-state index contributed by atoms with van der Waals surface area (Å²) in [5.41, 5.74) is 6.32. The third-order valence-electron chi connectivity index (χ3n) is 4.34. The zero-order valence-electron chi connectivity index (χ0n) is 17.1. The van der Waals surface area contributed by atoms with Crippen LogP contribution in [0.2, 0.25) is 0 Å². The molecule has 2 rings (SSSR count). The van der Waals surface area contributed by atoms with E-state index >= 15 is 0 Å². The van der Waals surface area contributed by atoms with E-state index in [1.54, 1.807) is 13.8 Å². The molecule has 30 heavy (non-hydrogen) atoms. The molecule has 0 aliphatic heterocycles. The van der Waals surface area contributed by atoms with Gasteiger partial charge in [-0.15, -0.1) is 11.3 Å². The zero-order chi connectivity index (χ0) is 22.6. The number of aryl methyl sites for hydroxylation is 2. The monoisotopic (exact) mass is 437 g/mol. The average Bonchev–Trinajstić information content (AvgIpc) is 3.13. The summed E-state index contributed by atoms with van der Waals surface area (Å²) in [6.45, 7) is 6.78. The Morgan fingerprint density at radius 3 is 2.50 bits per heavy atom. The van der Waals surface area contributed by atoms with Gasteiger partial charge >= 0.3 is 11.7 Å². The van der Waals surface area contributed by atoms with Gasteiger partial charge in [-0.2, -0.15) is 5.10 Å². The van der Waals surface area contributed by atoms with Crippen molar-refractivity contribution in [1.29, 1.82) is 0 Å². The lowest BCUT2D eigenvalue weighted by Gasteiger charge is -2.08. The standard InChI is InChI=1S/C18H23N5O6S/c1-5-8-29-18(26)13-9(2)15(16(19)25)30-17(13)20-12(24)6-7-22-11(4)14(23(27)28)10(3)21-22/h5-8H2,1-4H3,(H2,19,25)(H,20,24). The van der Waals surface area contributed by atoms with Gasteiger partial charge in [0.05, 0.1) is 28.5 Å². The third kappa shape index (κ3) is 4.82. The van der Waals surface area contributed by atoms with E-state index < -0.39 is 22.7 Å². The molecule has 2 heterocycles. The highest BCUT2D eigenvalue weighted by molar-refractivity contribution is 7.18. The number of rotatable bonds is 9. The van der Waals surface area contributed by atoms with E-state index in [2.05, 4.69) is 10.4 Å². The molecule has 0 unspecified atom stereocenters. The molecular formula is C18H23N5O6S. The van der Waals surface area contributed by atoms with Crippen LogP contribution in [0.3, 0.4) is 0 Å². The number of hydrogen-bond donors (Lipinski definition) is 2. The minimum atomic E-state index is -0.711. The van der Waals surface area contributed by atoms with Crippen LogP contribution in [-0.2, 0) is 16.1 Å². The van der Waals surface area contributed by atoms with Crippen molar-refractivity contribution in [2.24, 2.45) is 5.73 Å². The molecule has 0 aliphatic rings. The fourth-order valence-corrected chi connectivity index (χ4v) is 3.98. The fraction of sp³-hybridized carbons (Fsp3) is 0.444. The maximum Gasteiger partial charge on any atom is 0.341 e. The van der Waals surface area contributed by atoms with Crippen molar-refractivity contribution in [3.05, 3.63) is 37.5 Å². The maximum absolute atomic E-state index is 12.5. The van der Waals surface area contributed by atoms with Gasteiger partial charge in [0.1, 0.15) is 16.4 Å². The highest BCUT2D eigenvalue weighted by atomic mass is 32.1. The van der Waals surface area contributed by atoms with E-state index in [1.165, 1.54) is 11.6 Å². The maximum atomic E-state index is 12.5. The summed E-state index contributed by atoms with van der Waals surface area (Å²) in [4.78, 5) is 47.2. The SMILES string of the molecule is CCCOC(=O)c1c(NC(=O)CCn2nc(C)c([N+](=O)[O-])c2C)sc(C(N)=O)c1C. The van der Waals surface area contributed by atoms with E-state index in [9.17, 15) is 24.5 Å². The molecule has 0 spiro atoms. The Labute approximate surface area is 176 Å². The van der Waals surface area contributed by atoms with Crippen LogP contribution in [0.5, 0.6) is 0 Å². The lowest BCUT2D eigenvalue weighted by Crippen LogP contribution is -2.17. The summed E-state index contributed by atoms with van der Waals surface area (Å²) >= 11 is 0.901. The van der Waals surface area contributed by atoms with E-state index in [1.807, 2.05) is 6.92 Å². The molecule has 0 bridgehead atoms. The molecule has 0 fully saturated rings. The van der Waals surface area contributed by atoms with Gasteiger partial charge in [0.2, 0.25) is 5.91 Å². The van der Waals surface area contributed by atoms with Gasteiger partial charge in [0, 0.05) is 6.42 Å². The summed E-state index contributed by atoms with van der Waals surface area (Å²) in [6, 6.07) is 0. The quantitative estimate of drug-likeness (QED) is 0.346. The molecule has 162 valence electrons. The first-order chi connectivity index (χ1) is 14.1. The largest absolute Gasteiger partial charge is 0.462 e. The number of carbonyl (C=O) groups excluding carboxylic acids is 3. The van der Waals surface area contributed by atoms with Crippen LogP contribution >= 0.6 is 11.3 Å². The Kier molecular flexibility index (Phi) is 7.27. The molecule has 2 amide bonds. The van der Waals surface area contributed by atoms with Crippen molar-refractivity contribution in [3.63, 3.8) is 0 Å². The number of hydrogen-bond acceptors (Lipinski definition) is 8. The Morgan fingerprint density at radius 2 is 1.97 bits per heavy atom. The summed E-state index contributed by atoms with van der Waals surface area (Å²) in [5, 5.41) is 18.0. The number of anilines is 1. The average molecular weight is 437 g/mol. The highest BCUT2D eigenvalue weighted by Crippen LogP contribution is 2.33. The van der Waals surface area contributed by atoms with Gasteiger partial charge in [-0.3, -0.25) is 24.4 Å². The van der Waals surface area contributed by atoms with Crippen molar-refractivity contribution in [1.82, 2.24) is 9.78 Å². The van der Waals surface area contributed by atoms with Crippen molar-refractivity contribution >= 4 is 39.8 Å². The summed E-state index contributed by atoms with van der Waals surface area (Å²) in [6.07, 6.45) is 0.569. The van der Waals surface area contributed by atoms with Crippen molar-refractivity contribution in [3.8, 4) is 0 Å². The smallest absolute Gasteiger partial charge is 0.341 e. The zero-order valence-corrected chi connectivity index (χ0v) is 17.9. The van der Waals surface area contributed by atoms with E-state index in [0.717, 1.165) is 11.3 Å². The van der Waals surface area contributed by atoms with E-state index in [-0.39, 0.29) is 46.4 Å². The number of esters is 1. The number of primary amides is 1. The topological polar surface area (TPSA) is 159 Å². The molecule has 12 heteroatoms. The van der Waals surface area contributed by atoms with Crippen LogP contribution in [0.1, 0.15) is 56.7 Å². The number of nitro groups is 1. The van der Waals surface area contributed by atoms with Crippen molar-refractivity contribution in [2.45, 2.75) is 47.1 Å². The predicted octanol–water partition coefficient (Wildman–Crippen LogP) is 2.47. The van der Waals surface area contributed by atoms with Crippen LogP contribution in [0.15, 0.2) is 0 Å². The van der Waals surface area contributed by atoms with Crippen molar-refractivity contribution < 1.29 is 24.0 Å². The first-order valence-corrected chi connectivity index (χ1v) is 9.98. The first kappa shape index (κ1) is 23.0. The lowest BCUT2D eigenvalue weighted by atomic mass is 10.1. The number of carbonyl (C=O) groups is 3. The molecule has 3 N–H and O–H groups in total. The van der Waals surface area contributed by atoms with Gasteiger partial charge in [0.25, 0.3) is 5.91 Å². The number of nitrogens with two attached hydrogens (primary N) is 1. The molecule has 2 aromatic heterocycles. The number of ether oxygens (including phenoxy) is 1. The normalized spacial score (nSPS) is 10.7. The molecule has 11 nitrogen and oxygen atoms in total. The Bertz CT molecular complexity index is 1010. The van der Waals surface area contributed by atoms with Gasteiger partial charge in [-0.1, -0.05) is 6.92 Å². The van der Waals surface area contributed by atoms with Crippen LogP contribution in [-0.4, -0.2) is 39.1 Å². The van der Waals surface area contributed by atoms with Gasteiger partial charge in [-0.25, -0.2) is 4.79 Å². The highest BCUT2D eigenvalue weighted by Gasteiger charge is 2.26. The summed E-state index contributed by atoms with van der Waals surface area (Å²) < 4.78 is 6.53. The van der Waals surface area contributed by atoms with Gasteiger partial charge in [-0.05, 0) is 32.8 Å². The number of aromatic nitrogens is 2. The predicted molar refractivity (Wildman–Crippen MR) is 110 cm³/mol. The minimum Gasteiger partial charge on any atom is -0.462 e. The molecule has 0 atom stereocenters. The molecule has 0 radical (unpaired) electrons. The fourth-order valence-electron chi connectivity index (χ4n) is 2.92. The van der Waals surface area contributed by atoms with Gasteiger partial charge in [0.15, 0.2) is 0 Å². The third-order valence-corrected chi connectivity index (χ3v) is 5.56. The second-order valence-electron chi connectivity index (χ2n) is 6.56. The Morgan fingerprint density at radius 1 is 1.30 bits per heavy atom. The van der Waals surface area contributed by atoms with E-state index in [0.29, 0.717) is 17.7 Å². The first-order valence-electron chi connectivity index (χ1n) is 9.16. The molecule has 0 saturated carbocycles. The summed E-state index contributed by atoms with van der Waals surface area (Å²) in [5.74, 6) is -1.81. The number of nitrogens with one attached hydrogen (secondary N) is 1. The minimum absolute atomic E-state index is 0.0502. The van der Waals surface area contributed by atoms with E-state index in [4.69, 9.17) is 10.5 Å². The second-order valence-corrected chi connectivity index (χ2v) is 7.58. The molecular weight excluding hydrogens is 414 g/mol. The molecule has 0 aliphatic carbocycles. The van der Waals surface area contributed by atoms with Gasteiger partial charge < -0.3 is 15.8 Å². The Balaban J connectivity index is 2.19. The summed E-state index contributed by atoms with van der Waals surface area (Å²) in [7, 11) is 0. The number of nitrogens with zero attached hydrogens (tertiary/aromatic N) is 3. The number of thiophene rings is 1. The Hall–Kier alpha value is -3.28. The molecule has 0 aromatic carbocycles. The van der Waals surface area contributed by atoms with Crippen LogP contribution in [0.4, 0.5) is 10.7 Å². The second kappa shape index (κ2) is 9.48. The molecule has 2 aromatic rings. The van der Waals surface area contributed by atoms with Crippen LogP contribution in [0, 0.1) is 30.9 Å². The van der Waals surface area contributed by atoms with Crippen LogP contribution < -0.4 is 11.1 Å².